The normalized spacial score (nSPS) is 12.2. The molecule has 17 heavy (non-hydrogen) atoms. The van der Waals surface area contributed by atoms with Gasteiger partial charge in [-0.2, -0.15) is 0 Å². The number of nitrogens with zero attached hydrogens (tertiary/aromatic N) is 2. The van der Waals surface area contributed by atoms with Gasteiger partial charge < -0.3 is 10.5 Å². The molecule has 0 aliphatic heterocycles. The smallest absolute Gasteiger partial charge is 0.123 e. The summed E-state index contributed by atoms with van der Waals surface area (Å²) in [6, 6.07) is 5.67. The highest BCUT2D eigenvalue weighted by molar-refractivity contribution is 5.42. The zero-order chi connectivity index (χ0) is 12.3. The lowest BCUT2D eigenvalue weighted by Crippen LogP contribution is -2.13. The zero-order valence-electron chi connectivity index (χ0n) is 9.92. The Bertz CT molecular complexity index is 499. The maximum absolute atomic E-state index is 6.20. The molecule has 0 amide bonds. The van der Waals surface area contributed by atoms with Crippen LogP contribution in [0, 0.1) is 6.92 Å². The highest BCUT2D eigenvalue weighted by Crippen LogP contribution is 2.28. The number of hydrogen-bond acceptors (Lipinski definition) is 4. The van der Waals surface area contributed by atoms with Crippen molar-refractivity contribution in [2.24, 2.45) is 5.73 Å². The molecule has 0 bridgehead atoms. The van der Waals surface area contributed by atoms with Crippen LogP contribution >= 0.6 is 0 Å². The summed E-state index contributed by atoms with van der Waals surface area (Å²) in [4.78, 5) is 7.95. The summed E-state index contributed by atoms with van der Waals surface area (Å²) < 4.78 is 5.32. The Morgan fingerprint density at radius 1 is 1.24 bits per heavy atom. The molecule has 0 aliphatic carbocycles. The molecule has 88 valence electrons. The van der Waals surface area contributed by atoms with E-state index in [-0.39, 0.29) is 6.04 Å². The van der Waals surface area contributed by atoms with E-state index in [9.17, 15) is 0 Å². The van der Waals surface area contributed by atoms with Gasteiger partial charge in [-0.25, -0.2) is 9.97 Å². The molecular weight excluding hydrogens is 214 g/mol. The second-order valence-electron chi connectivity index (χ2n) is 3.89. The third kappa shape index (κ3) is 2.42. The summed E-state index contributed by atoms with van der Waals surface area (Å²) in [6.45, 7) is 2.02. The number of nitrogens with two attached hydrogens (primary N) is 1. The summed E-state index contributed by atoms with van der Waals surface area (Å²) >= 11 is 0. The fraction of sp³-hybridized carbons (Fsp3) is 0.231. The quantitative estimate of drug-likeness (QED) is 0.872. The number of aromatic nitrogens is 2. The number of benzene rings is 1. The van der Waals surface area contributed by atoms with Crippen molar-refractivity contribution in [3.8, 4) is 5.75 Å². The van der Waals surface area contributed by atoms with Gasteiger partial charge in [-0.1, -0.05) is 17.7 Å². The first-order chi connectivity index (χ1) is 8.22. The Labute approximate surface area is 100 Å². The molecule has 0 fully saturated rings. The number of methoxy groups -OCH3 is 1. The molecule has 1 unspecified atom stereocenters. The van der Waals surface area contributed by atoms with Crippen LogP contribution < -0.4 is 10.5 Å². The molecule has 2 N–H and O–H groups in total. The molecule has 2 aromatic rings. The molecule has 1 atom stereocenters. The lowest BCUT2D eigenvalue weighted by Gasteiger charge is -2.16. The molecule has 0 radical (unpaired) electrons. The van der Waals surface area contributed by atoms with Crippen molar-refractivity contribution >= 4 is 0 Å². The van der Waals surface area contributed by atoms with Crippen molar-refractivity contribution < 1.29 is 4.74 Å². The summed E-state index contributed by atoms with van der Waals surface area (Å²) in [5.74, 6) is 0.784. The predicted octanol–water partition coefficient (Wildman–Crippen LogP) is 1.84. The van der Waals surface area contributed by atoms with E-state index in [2.05, 4.69) is 9.97 Å². The number of aryl methyl sites for hydroxylation is 1. The minimum absolute atomic E-state index is 0.272. The maximum atomic E-state index is 6.20. The monoisotopic (exact) mass is 229 g/mol. The molecule has 0 saturated heterocycles. The lowest BCUT2D eigenvalue weighted by atomic mass is 9.99. The van der Waals surface area contributed by atoms with E-state index < -0.39 is 0 Å². The van der Waals surface area contributed by atoms with Gasteiger partial charge in [-0.15, -0.1) is 0 Å². The van der Waals surface area contributed by atoms with Crippen LogP contribution in [0.2, 0.25) is 0 Å². The van der Waals surface area contributed by atoms with Crippen molar-refractivity contribution in [1.29, 1.82) is 0 Å². The van der Waals surface area contributed by atoms with Crippen molar-refractivity contribution in [3.63, 3.8) is 0 Å². The van der Waals surface area contributed by atoms with Gasteiger partial charge >= 0.3 is 0 Å². The third-order valence-corrected chi connectivity index (χ3v) is 2.66. The van der Waals surface area contributed by atoms with Gasteiger partial charge in [-0.05, 0) is 13.0 Å². The predicted molar refractivity (Wildman–Crippen MR) is 65.8 cm³/mol. The van der Waals surface area contributed by atoms with E-state index in [0.717, 1.165) is 22.4 Å². The van der Waals surface area contributed by atoms with Gasteiger partial charge in [0.15, 0.2) is 0 Å². The van der Waals surface area contributed by atoms with E-state index in [1.165, 1.54) is 6.33 Å². The number of ether oxygens (including phenoxy) is 1. The minimum Gasteiger partial charge on any atom is -0.496 e. The molecule has 1 aromatic carbocycles. The average Bonchev–Trinajstić information content (AvgIpc) is 2.39. The standard InChI is InChI=1S/C13H15N3O/c1-9-3-4-12(17-2)11(5-9)13(14)10-6-15-8-16-7-10/h3-8,13H,14H2,1-2H3. The van der Waals surface area contributed by atoms with Crippen molar-refractivity contribution in [1.82, 2.24) is 9.97 Å². The van der Waals surface area contributed by atoms with Crippen molar-refractivity contribution in [2.75, 3.05) is 7.11 Å². The molecule has 4 heteroatoms. The van der Waals surface area contributed by atoms with E-state index >= 15 is 0 Å². The first kappa shape index (κ1) is 11.5. The lowest BCUT2D eigenvalue weighted by molar-refractivity contribution is 0.407. The van der Waals surface area contributed by atoms with Crippen LogP contribution in [0.25, 0.3) is 0 Å². The van der Waals surface area contributed by atoms with Crippen LogP contribution in [0.3, 0.4) is 0 Å². The van der Waals surface area contributed by atoms with Crippen molar-refractivity contribution in [2.45, 2.75) is 13.0 Å². The highest BCUT2D eigenvalue weighted by atomic mass is 16.5. The molecule has 2 rings (SSSR count). The van der Waals surface area contributed by atoms with Crippen LogP contribution in [0.1, 0.15) is 22.7 Å². The fourth-order valence-corrected chi connectivity index (χ4v) is 1.75. The number of hydrogen-bond donors (Lipinski definition) is 1. The maximum Gasteiger partial charge on any atom is 0.123 e. The van der Waals surface area contributed by atoms with Crippen LogP contribution in [-0.2, 0) is 0 Å². The summed E-state index contributed by atoms with van der Waals surface area (Å²) in [5, 5.41) is 0. The summed E-state index contributed by atoms with van der Waals surface area (Å²) in [5.41, 5.74) is 9.17. The van der Waals surface area contributed by atoms with E-state index in [4.69, 9.17) is 10.5 Å². The topological polar surface area (TPSA) is 61.0 Å². The molecule has 0 saturated carbocycles. The van der Waals surface area contributed by atoms with Gasteiger partial charge in [0.25, 0.3) is 0 Å². The molecule has 0 spiro atoms. The van der Waals surface area contributed by atoms with Crippen LogP contribution in [0.4, 0.5) is 0 Å². The molecule has 0 aliphatic rings. The van der Waals surface area contributed by atoms with Crippen LogP contribution in [-0.4, -0.2) is 17.1 Å². The Morgan fingerprint density at radius 3 is 2.59 bits per heavy atom. The SMILES string of the molecule is COc1ccc(C)cc1C(N)c1cncnc1. The Balaban J connectivity index is 2.43. The van der Waals surface area contributed by atoms with E-state index in [1.807, 2.05) is 25.1 Å². The molecular formula is C13H15N3O. The second-order valence-corrected chi connectivity index (χ2v) is 3.89. The minimum atomic E-state index is -0.272. The second kappa shape index (κ2) is 4.93. The van der Waals surface area contributed by atoms with E-state index in [1.54, 1.807) is 19.5 Å². The fourth-order valence-electron chi connectivity index (χ4n) is 1.75. The van der Waals surface area contributed by atoms with Gasteiger partial charge in [0.2, 0.25) is 0 Å². The Morgan fingerprint density at radius 2 is 1.94 bits per heavy atom. The first-order valence-corrected chi connectivity index (χ1v) is 5.37. The van der Waals surface area contributed by atoms with Crippen LogP contribution in [0.5, 0.6) is 5.75 Å². The largest absolute Gasteiger partial charge is 0.496 e. The van der Waals surface area contributed by atoms with Gasteiger partial charge in [0, 0.05) is 23.5 Å². The molecule has 1 aromatic heterocycles. The van der Waals surface area contributed by atoms with Crippen LogP contribution in [0.15, 0.2) is 36.9 Å². The van der Waals surface area contributed by atoms with Gasteiger partial charge in [-0.3, -0.25) is 0 Å². The average molecular weight is 229 g/mol. The molecule has 4 nitrogen and oxygen atoms in total. The third-order valence-electron chi connectivity index (χ3n) is 2.66. The Hall–Kier alpha value is -1.94. The summed E-state index contributed by atoms with van der Waals surface area (Å²) in [7, 11) is 1.64. The van der Waals surface area contributed by atoms with Gasteiger partial charge in [0.1, 0.15) is 12.1 Å². The highest BCUT2D eigenvalue weighted by Gasteiger charge is 2.14. The number of rotatable bonds is 3. The Kier molecular flexibility index (Phi) is 3.35. The van der Waals surface area contributed by atoms with E-state index in [0.29, 0.717) is 0 Å². The summed E-state index contributed by atoms with van der Waals surface area (Å²) in [6.07, 6.45) is 4.93. The first-order valence-electron chi connectivity index (χ1n) is 5.37. The zero-order valence-corrected chi connectivity index (χ0v) is 9.92. The van der Waals surface area contributed by atoms with Crippen molar-refractivity contribution in [3.05, 3.63) is 53.6 Å². The molecule has 1 heterocycles. The van der Waals surface area contributed by atoms with Gasteiger partial charge in [0.05, 0.1) is 13.2 Å².